The van der Waals surface area contributed by atoms with Crippen LogP contribution >= 0.6 is 0 Å². The van der Waals surface area contributed by atoms with Crippen molar-refractivity contribution in [3.8, 4) is 0 Å². The quantitative estimate of drug-likeness (QED) is 0.533. The minimum atomic E-state index is 0.167. The highest BCUT2D eigenvalue weighted by Crippen LogP contribution is 1.93. The van der Waals surface area contributed by atoms with E-state index in [1.54, 1.807) is 0 Å². The number of carbonyl (C=O) groups excluding carboxylic acids is 1. The number of carbonyl (C=O) groups is 1. The molecule has 0 bridgehead atoms. The number of hydrogen-bond donors (Lipinski definition) is 0. The lowest BCUT2D eigenvalue weighted by Crippen LogP contribution is -1.77. The first-order chi connectivity index (χ1) is 4.00. The zero-order valence-electron chi connectivity index (χ0n) is 7.19. The molecule has 56 valence electrons. The summed E-state index contributed by atoms with van der Waals surface area (Å²) in [6.07, 6.45) is 1.31. The number of ketones is 1. The minimum absolute atomic E-state index is 0.167. The lowest BCUT2D eigenvalue weighted by Gasteiger charge is -1.90. The monoisotopic (exact) mass is 130 g/mol. The predicted octanol–water partition coefficient (Wildman–Crippen LogP) is 2.65. The highest BCUT2D eigenvalue weighted by atomic mass is 16.1. The Morgan fingerprint density at radius 1 is 1.33 bits per heavy atom. The molecule has 0 fully saturated rings. The van der Waals surface area contributed by atoms with Gasteiger partial charge in [-0.1, -0.05) is 27.2 Å². The Bertz CT molecular complexity index is 61.0. The summed E-state index contributed by atoms with van der Waals surface area (Å²) in [5.74, 6) is 1.05. The summed E-state index contributed by atoms with van der Waals surface area (Å²) in [5, 5.41) is 0. The molecule has 0 aliphatic rings. The molecule has 0 atom stereocenters. The van der Waals surface area contributed by atoms with Crippen LogP contribution in [0.15, 0.2) is 0 Å². The zero-order valence-corrected chi connectivity index (χ0v) is 7.19. The van der Waals surface area contributed by atoms with Gasteiger partial charge in [0.15, 0.2) is 0 Å². The van der Waals surface area contributed by atoms with Gasteiger partial charge in [-0.3, -0.25) is 0 Å². The van der Waals surface area contributed by atoms with Gasteiger partial charge in [0, 0.05) is 0 Å². The first kappa shape index (κ1) is 11.5. The molecule has 0 aliphatic carbocycles. The van der Waals surface area contributed by atoms with Crippen LogP contribution in [0.4, 0.5) is 0 Å². The van der Waals surface area contributed by atoms with E-state index >= 15 is 0 Å². The van der Waals surface area contributed by atoms with Gasteiger partial charge in [-0.15, -0.1) is 0 Å². The molecule has 0 N–H and O–H groups in total. The first-order valence-corrected chi connectivity index (χ1v) is 3.47. The fourth-order valence-corrected chi connectivity index (χ4v) is 0. The summed E-state index contributed by atoms with van der Waals surface area (Å²) in [6, 6.07) is 0. The summed E-state index contributed by atoms with van der Waals surface area (Å²) < 4.78 is 0. The Kier molecular flexibility index (Phi) is 9.77. The smallest absolute Gasteiger partial charge is 0.126 e. The molecule has 0 rings (SSSR count). The van der Waals surface area contributed by atoms with E-state index in [-0.39, 0.29) is 5.78 Å². The van der Waals surface area contributed by atoms with Crippen molar-refractivity contribution in [2.45, 2.75) is 41.0 Å². The van der Waals surface area contributed by atoms with E-state index in [0.29, 0.717) is 0 Å². The van der Waals surface area contributed by atoms with Crippen molar-refractivity contribution in [3.05, 3.63) is 0 Å². The van der Waals surface area contributed by atoms with Crippen LogP contribution in [0.2, 0.25) is 0 Å². The van der Waals surface area contributed by atoms with Crippen molar-refractivity contribution in [3.63, 3.8) is 0 Å². The van der Waals surface area contributed by atoms with Crippen LogP contribution in [0.5, 0.6) is 0 Å². The summed E-state index contributed by atoms with van der Waals surface area (Å²) in [4.78, 5) is 9.44. The van der Waals surface area contributed by atoms with Crippen LogP contribution in [0.3, 0.4) is 0 Å². The molecule has 9 heavy (non-hydrogen) atoms. The first-order valence-electron chi connectivity index (χ1n) is 3.47. The molecule has 0 aliphatic heterocycles. The molecule has 0 saturated carbocycles. The molecule has 0 aromatic carbocycles. The molecule has 0 saturated heterocycles. The van der Waals surface area contributed by atoms with Gasteiger partial charge >= 0.3 is 0 Å². The Morgan fingerprint density at radius 2 is 1.44 bits per heavy atom. The van der Waals surface area contributed by atoms with E-state index < -0.39 is 0 Å². The van der Waals surface area contributed by atoms with Crippen LogP contribution in [-0.4, -0.2) is 5.78 Å². The van der Waals surface area contributed by atoms with E-state index in [2.05, 4.69) is 20.8 Å². The standard InChI is InChI=1S/C5H12.C3H6O/c1-4-5(2)3;1-3(2)4/h5H,4H2,1-3H3;1-2H3. The van der Waals surface area contributed by atoms with Gasteiger partial charge in [0.1, 0.15) is 5.78 Å². The van der Waals surface area contributed by atoms with E-state index in [9.17, 15) is 4.79 Å². The van der Waals surface area contributed by atoms with Gasteiger partial charge in [-0.05, 0) is 19.8 Å². The van der Waals surface area contributed by atoms with E-state index in [4.69, 9.17) is 0 Å². The second kappa shape index (κ2) is 7.67. The molecule has 0 unspecified atom stereocenters. The van der Waals surface area contributed by atoms with Crippen molar-refractivity contribution in [1.29, 1.82) is 0 Å². The van der Waals surface area contributed by atoms with Crippen LogP contribution in [0.1, 0.15) is 41.0 Å². The summed E-state index contributed by atoms with van der Waals surface area (Å²) >= 11 is 0. The van der Waals surface area contributed by atoms with E-state index in [0.717, 1.165) is 5.92 Å². The number of hydrogen-bond acceptors (Lipinski definition) is 1. The van der Waals surface area contributed by atoms with E-state index in [1.807, 2.05) is 0 Å². The maximum atomic E-state index is 9.44. The SMILES string of the molecule is CC(C)=O.CCC(C)C. The average molecular weight is 130 g/mol. The van der Waals surface area contributed by atoms with Crippen molar-refractivity contribution in [2.24, 2.45) is 5.92 Å². The lowest BCUT2D eigenvalue weighted by molar-refractivity contribution is -0.114. The van der Waals surface area contributed by atoms with Crippen molar-refractivity contribution in [1.82, 2.24) is 0 Å². The highest BCUT2D eigenvalue weighted by Gasteiger charge is 1.80. The van der Waals surface area contributed by atoms with Gasteiger partial charge in [0.25, 0.3) is 0 Å². The van der Waals surface area contributed by atoms with Gasteiger partial charge in [-0.25, -0.2) is 0 Å². The molecular weight excluding hydrogens is 112 g/mol. The van der Waals surface area contributed by atoms with Crippen LogP contribution in [0, 0.1) is 5.92 Å². The van der Waals surface area contributed by atoms with Gasteiger partial charge < -0.3 is 4.79 Å². The highest BCUT2D eigenvalue weighted by molar-refractivity contribution is 5.72. The molecule has 0 radical (unpaired) electrons. The second-order valence-corrected chi connectivity index (χ2v) is 2.71. The van der Waals surface area contributed by atoms with Crippen LogP contribution < -0.4 is 0 Å². The maximum Gasteiger partial charge on any atom is 0.126 e. The molecule has 0 amide bonds. The zero-order chi connectivity index (χ0) is 7.86. The van der Waals surface area contributed by atoms with Crippen molar-refractivity contribution < 1.29 is 4.79 Å². The Hall–Kier alpha value is -0.330. The third-order valence-electron chi connectivity index (χ3n) is 0.816. The molecule has 0 aromatic heterocycles. The topological polar surface area (TPSA) is 17.1 Å². The molecule has 1 nitrogen and oxygen atoms in total. The summed E-state index contributed by atoms with van der Waals surface area (Å²) in [6.45, 7) is 9.70. The summed E-state index contributed by atoms with van der Waals surface area (Å²) in [7, 11) is 0. The summed E-state index contributed by atoms with van der Waals surface area (Å²) in [5.41, 5.74) is 0. The minimum Gasteiger partial charge on any atom is -0.300 e. The average Bonchev–Trinajstić information content (AvgIpc) is 1.65. The van der Waals surface area contributed by atoms with Gasteiger partial charge in [0.2, 0.25) is 0 Å². The Morgan fingerprint density at radius 3 is 1.44 bits per heavy atom. The van der Waals surface area contributed by atoms with Crippen molar-refractivity contribution >= 4 is 5.78 Å². The molecule has 0 aromatic rings. The lowest BCUT2D eigenvalue weighted by atomic mass is 10.2. The van der Waals surface area contributed by atoms with Gasteiger partial charge in [-0.2, -0.15) is 0 Å². The van der Waals surface area contributed by atoms with Crippen LogP contribution in [-0.2, 0) is 4.79 Å². The van der Waals surface area contributed by atoms with E-state index in [1.165, 1.54) is 20.3 Å². The fraction of sp³-hybridized carbons (Fsp3) is 0.875. The number of rotatable bonds is 1. The largest absolute Gasteiger partial charge is 0.300 e. The van der Waals surface area contributed by atoms with Crippen LogP contribution in [0.25, 0.3) is 0 Å². The predicted molar refractivity (Wildman–Crippen MR) is 41.5 cm³/mol. The molecule has 1 heteroatoms. The molecular formula is C8H18O. The second-order valence-electron chi connectivity index (χ2n) is 2.71. The molecule has 0 heterocycles. The third kappa shape index (κ3) is 88.4. The fourth-order valence-electron chi connectivity index (χ4n) is 0. The molecule has 0 spiro atoms. The maximum absolute atomic E-state index is 9.44. The Labute approximate surface area is 58.5 Å². The van der Waals surface area contributed by atoms with Crippen molar-refractivity contribution in [2.75, 3.05) is 0 Å². The third-order valence-corrected chi connectivity index (χ3v) is 0.816. The van der Waals surface area contributed by atoms with Gasteiger partial charge in [0.05, 0.1) is 0 Å². The normalized spacial score (nSPS) is 8.22. The Balaban J connectivity index is 0. The number of Topliss-reactive ketones (excluding diaryl/α,β-unsaturated/α-hetero) is 1.